The largest absolute Gasteiger partial charge is 0.371 e. The standard InChI is InChI=1S/C34H31N3/c1-33(2)14-16-37-17-15-34(3,4)30-19-22(18-29(33)32(30)37)12-13-23-8-7-11-26-28(21-36)27(20-35)24-9-5-6-10-25(24)31(23)26/h5-13,18-19H,14-17H2,1-4H3/b13-12-. The summed E-state index contributed by atoms with van der Waals surface area (Å²) in [5.41, 5.74) is 7.84. The van der Waals surface area contributed by atoms with Crippen molar-refractivity contribution in [3.63, 3.8) is 0 Å². The van der Waals surface area contributed by atoms with E-state index in [1.807, 2.05) is 30.3 Å². The first-order chi connectivity index (χ1) is 17.7. The fourth-order valence-electron chi connectivity index (χ4n) is 6.38. The van der Waals surface area contributed by atoms with Crippen molar-refractivity contribution in [2.75, 3.05) is 18.0 Å². The topological polar surface area (TPSA) is 50.8 Å². The molecule has 0 bridgehead atoms. The summed E-state index contributed by atoms with van der Waals surface area (Å²) in [5, 5.41) is 23.5. The predicted molar refractivity (Wildman–Crippen MR) is 154 cm³/mol. The van der Waals surface area contributed by atoms with E-state index in [1.54, 1.807) is 0 Å². The van der Waals surface area contributed by atoms with E-state index >= 15 is 0 Å². The Labute approximate surface area is 219 Å². The highest BCUT2D eigenvalue weighted by molar-refractivity contribution is 6.16. The molecule has 0 aliphatic carbocycles. The summed E-state index contributed by atoms with van der Waals surface area (Å²) in [6.07, 6.45) is 6.74. The van der Waals surface area contributed by atoms with Crippen LogP contribution < -0.4 is 4.90 Å². The predicted octanol–water partition coefficient (Wildman–Crippen LogP) is 8.08. The van der Waals surface area contributed by atoms with Gasteiger partial charge in [-0.3, -0.25) is 0 Å². The van der Waals surface area contributed by atoms with E-state index in [0.29, 0.717) is 11.1 Å². The molecule has 37 heavy (non-hydrogen) atoms. The van der Waals surface area contributed by atoms with E-state index in [0.717, 1.165) is 40.2 Å². The van der Waals surface area contributed by atoms with Gasteiger partial charge in [-0.05, 0) is 68.8 Å². The molecule has 2 aliphatic heterocycles. The average Bonchev–Trinajstić information content (AvgIpc) is 2.89. The number of hydrogen-bond acceptors (Lipinski definition) is 3. The van der Waals surface area contributed by atoms with E-state index in [9.17, 15) is 10.5 Å². The Morgan fingerprint density at radius 2 is 1.30 bits per heavy atom. The lowest BCUT2D eigenvalue weighted by atomic mass is 9.69. The second-order valence-corrected chi connectivity index (χ2v) is 11.8. The van der Waals surface area contributed by atoms with Gasteiger partial charge >= 0.3 is 0 Å². The van der Waals surface area contributed by atoms with Crippen molar-refractivity contribution in [3.05, 3.63) is 88.0 Å². The fourth-order valence-corrected chi connectivity index (χ4v) is 6.38. The van der Waals surface area contributed by atoms with Gasteiger partial charge in [0, 0.05) is 29.5 Å². The van der Waals surface area contributed by atoms with Gasteiger partial charge in [0.25, 0.3) is 0 Å². The second-order valence-electron chi connectivity index (χ2n) is 11.8. The maximum absolute atomic E-state index is 9.98. The SMILES string of the molecule is CC1(C)CCN2CCC(C)(C)c3cc(/C=C\c4cccc5c(C#N)c(C#N)c6ccccc6c45)cc1c32. The first-order valence-corrected chi connectivity index (χ1v) is 13.1. The minimum atomic E-state index is 0.142. The lowest BCUT2D eigenvalue weighted by Gasteiger charge is -2.48. The van der Waals surface area contributed by atoms with Crippen LogP contribution in [-0.4, -0.2) is 13.1 Å². The highest BCUT2D eigenvalue weighted by Gasteiger charge is 2.39. The van der Waals surface area contributed by atoms with Crippen molar-refractivity contribution in [1.82, 2.24) is 0 Å². The van der Waals surface area contributed by atoms with Crippen LogP contribution in [0.25, 0.3) is 33.7 Å². The zero-order chi connectivity index (χ0) is 25.9. The Balaban J connectivity index is 1.57. The van der Waals surface area contributed by atoms with Crippen molar-refractivity contribution < 1.29 is 0 Å². The maximum atomic E-state index is 9.98. The molecule has 0 saturated carbocycles. The van der Waals surface area contributed by atoms with Crippen LogP contribution in [0.2, 0.25) is 0 Å². The molecule has 182 valence electrons. The molecule has 4 aromatic rings. The molecular formula is C34H31N3. The Hall–Kier alpha value is -4.08. The van der Waals surface area contributed by atoms with Gasteiger partial charge in [-0.15, -0.1) is 0 Å². The second kappa shape index (κ2) is 8.22. The summed E-state index contributed by atoms with van der Waals surface area (Å²) in [6, 6.07) is 23.4. The van der Waals surface area contributed by atoms with Crippen LogP contribution >= 0.6 is 0 Å². The maximum Gasteiger partial charge on any atom is 0.101 e. The minimum Gasteiger partial charge on any atom is -0.371 e. The molecule has 2 heterocycles. The smallest absolute Gasteiger partial charge is 0.101 e. The molecule has 0 unspecified atom stereocenters. The van der Waals surface area contributed by atoms with Crippen LogP contribution in [0.4, 0.5) is 5.69 Å². The van der Waals surface area contributed by atoms with Gasteiger partial charge in [0.05, 0.1) is 11.1 Å². The molecule has 0 N–H and O–H groups in total. The van der Waals surface area contributed by atoms with Crippen LogP contribution in [0.1, 0.15) is 73.9 Å². The zero-order valence-corrected chi connectivity index (χ0v) is 22.0. The van der Waals surface area contributed by atoms with Crippen LogP contribution in [0.15, 0.2) is 54.6 Å². The molecule has 0 spiro atoms. The molecule has 0 aromatic heterocycles. The fraction of sp³-hybridized carbons (Fsp3) is 0.294. The lowest BCUT2D eigenvalue weighted by Crippen LogP contribution is -2.44. The van der Waals surface area contributed by atoms with Gasteiger partial charge in [0.1, 0.15) is 12.1 Å². The summed E-state index contributed by atoms with van der Waals surface area (Å²) < 4.78 is 0. The van der Waals surface area contributed by atoms with Gasteiger partial charge in [-0.25, -0.2) is 0 Å². The van der Waals surface area contributed by atoms with Crippen LogP contribution in [-0.2, 0) is 10.8 Å². The Kier molecular flexibility index (Phi) is 5.18. The number of fused-ring (bicyclic) bond motifs is 3. The quantitative estimate of drug-likeness (QED) is 0.215. The molecule has 3 heteroatoms. The highest BCUT2D eigenvalue weighted by Crippen LogP contribution is 2.49. The molecule has 2 aliphatic rings. The van der Waals surface area contributed by atoms with Crippen LogP contribution in [0, 0.1) is 22.7 Å². The third-order valence-corrected chi connectivity index (χ3v) is 8.68. The van der Waals surface area contributed by atoms with E-state index in [4.69, 9.17) is 0 Å². The van der Waals surface area contributed by atoms with Gasteiger partial charge in [-0.1, -0.05) is 82.3 Å². The average molecular weight is 482 g/mol. The van der Waals surface area contributed by atoms with Crippen molar-refractivity contribution in [1.29, 1.82) is 10.5 Å². The number of nitrogens with zero attached hydrogens (tertiary/aromatic N) is 3. The highest BCUT2D eigenvalue weighted by atomic mass is 15.2. The number of rotatable bonds is 2. The summed E-state index contributed by atoms with van der Waals surface area (Å²) in [4.78, 5) is 2.60. The number of nitriles is 2. The Bertz CT molecular complexity index is 1660. The minimum absolute atomic E-state index is 0.142. The van der Waals surface area contributed by atoms with Crippen molar-refractivity contribution in [3.8, 4) is 12.1 Å². The van der Waals surface area contributed by atoms with Crippen molar-refractivity contribution in [2.45, 2.75) is 51.4 Å². The van der Waals surface area contributed by atoms with Crippen molar-refractivity contribution in [2.24, 2.45) is 0 Å². The van der Waals surface area contributed by atoms with Gasteiger partial charge < -0.3 is 4.90 Å². The third kappa shape index (κ3) is 3.53. The van der Waals surface area contributed by atoms with Gasteiger partial charge in [0.2, 0.25) is 0 Å². The molecule has 0 amide bonds. The van der Waals surface area contributed by atoms with Gasteiger partial charge in [0.15, 0.2) is 0 Å². The normalized spacial score (nSPS) is 17.5. The van der Waals surface area contributed by atoms with Crippen molar-refractivity contribution >= 4 is 39.4 Å². The molecule has 0 saturated heterocycles. The molecule has 4 aromatic carbocycles. The first kappa shape index (κ1) is 23.3. The Morgan fingerprint density at radius 3 is 1.92 bits per heavy atom. The van der Waals surface area contributed by atoms with E-state index in [1.165, 1.54) is 35.2 Å². The summed E-state index contributed by atoms with van der Waals surface area (Å²) in [5.74, 6) is 0. The summed E-state index contributed by atoms with van der Waals surface area (Å²) in [7, 11) is 0. The monoisotopic (exact) mass is 481 g/mol. The molecule has 6 rings (SSSR count). The van der Waals surface area contributed by atoms with E-state index < -0.39 is 0 Å². The van der Waals surface area contributed by atoms with Gasteiger partial charge in [-0.2, -0.15) is 10.5 Å². The third-order valence-electron chi connectivity index (χ3n) is 8.68. The molecule has 0 radical (unpaired) electrons. The lowest BCUT2D eigenvalue weighted by molar-refractivity contribution is 0.401. The number of benzene rings is 4. The summed E-state index contributed by atoms with van der Waals surface area (Å²) in [6.45, 7) is 11.8. The Morgan fingerprint density at radius 1 is 0.730 bits per heavy atom. The first-order valence-electron chi connectivity index (χ1n) is 13.1. The van der Waals surface area contributed by atoms with E-state index in [-0.39, 0.29) is 10.8 Å². The molecule has 3 nitrogen and oxygen atoms in total. The van der Waals surface area contributed by atoms with Crippen LogP contribution in [0.3, 0.4) is 0 Å². The number of anilines is 1. The van der Waals surface area contributed by atoms with Crippen LogP contribution in [0.5, 0.6) is 0 Å². The molecular weight excluding hydrogens is 450 g/mol. The number of hydrogen-bond donors (Lipinski definition) is 0. The molecule has 0 fully saturated rings. The zero-order valence-electron chi connectivity index (χ0n) is 22.0. The van der Waals surface area contributed by atoms with E-state index in [2.05, 4.69) is 81.2 Å². The molecule has 0 atom stereocenters. The summed E-state index contributed by atoms with van der Waals surface area (Å²) >= 11 is 0.